The summed E-state index contributed by atoms with van der Waals surface area (Å²) in [7, 11) is 0. The molecule has 1 aliphatic rings. The number of carbonyl (C=O) groups excluding carboxylic acids is 2. The van der Waals surface area contributed by atoms with Gasteiger partial charge >= 0.3 is 6.09 Å². The monoisotopic (exact) mass is 540 g/mol. The zero-order chi connectivity index (χ0) is 28.5. The van der Waals surface area contributed by atoms with Crippen molar-refractivity contribution in [1.29, 1.82) is 5.26 Å². The number of rotatable bonds is 8. The zero-order valence-electron chi connectivity index (χ0n) is 22.3. The van der Waals surface area contributed by atoms with Gasteiger partial charge in [0.05, 0.1) is 12.1 Å². The minimum absolute atomic E-state index is 0.0218. The first kappa shape index (κ1) is 27.8. The quantitative estimate of drug-likeness (QED) is 0.373. The number of halogens is 2. The molecule has 0 saturated heterocycles. The first-order valence-corrected chi connectivity index (χ1v) is 12.5. The van der Waals surface area contributed by atoms with Crippen molar-refractivity contribution in [2.75, 3.05) is 10.6 Å². The molecule has 4 rings (SSSR count). The Labute approximate surface area is 224 Å². The normalized spacial score (nSPS) is 16.0. The van der Waals surface area contributed by atoms with Crippen LogP contribution in [0.15, 0.2) is 34.9 Å². The van der Waals surface area contributed by atoms with Crippen LogP contribution in [0, 0.1) is 17.2 Å². The summed E-state index contributed by atoms with van der Waals surface area (Å²) >= 11 is 0. The second-order valence-corrected chi connectivity index (χ2v) is 10.8. The maximum Gasteiger partial charge on any atom is 0.413 e. The molecule has 12 heteroatoms. The lowest BCUT2D eigenvalue weighted by atomic mass is 10.0. The fraction of sp³-hybridized carbons (Fsp3) is 0.444. The summed E-state index contributed by atoms with van der Waals surface area (Å²) in [6.07, 6.45) is -0.737. The van der Waals surface area contributed by atoms with Crippen LogP contribution in [0.1, 0.15) is 63.9 Å². The third-order valence-electron chi connectivity index (χ3n) is 5.96. The Morgan fingerprint density at radius 2 is 1.92 bits per heavy atom. The number of amides is 2. The van der Waals surface area contributed by atoms with E-state index in [2.05, 4.69) is 27.0 Å². The number of nitrogens with zero attached hydrogens (tertiary/aromatic N) is 4. The minimum atomic E-state index is -2.65. The van der Waals surface area contributed by atoms with E-state index in [1.165, 1.54) is 6.07 Å². The van der Waals surface area contributed by atoms with Gasteiger partial charge < -0.3 is 9.26 Å². The van der Waals surface area contributed by atoms with Crippen molar-refractivity contribution in [3.8, 4) is 17.3 Å². The van der Waals surface area contributed by atoms with Crippen molar-refractivity contribution >= 4 is 23.7 Å². The van der Waals surface area contributed by atoms with Crippen molar-refractivity contribution in [2.24, 2.45) is 5.92 Å². The first-order chi connectivity index (χ1) is 18.3. The molecular formula is C27H30F2N6O4. The molecule has 1 fully saturated rings. The van der Waals surface area contributed by atoms with Crippen molar-refractivity contribution < 1.29 is 27.6 Å². The Morgan fingerprint density at radius 3 is 2.49 bits per heavy atom. The van der Waals surface area contributed by atoms with Gasteiger partial charge in [0, 0.05) is 36.4 Å². The Balaban J connectivity index is 1.44. The number of anilines is 2. The number of hydrogen-bond donors (Lipinski definition) is 2. The second-order valence-electron chi connectivity index (χ2n) is 10.8. The molecule has 0 radical (unpaired) electrons. The third-order valence-corrected chi connectivity index (χ3v) is 5.96. The van der Waals surface area contributed by atoms with Crippen LogP contribution in [0.25, 0.3) is 11.3 Å². The van der Waals surface area contributed by atoms with Gasteiger partial charge in [0.25, 0.3) is 5.92 Å². The van der Waals surface area contributed by atoms with Gasteiger partial charge in [-0.2, -0.15) is 10.4 Å². The van der Waals surface area contributed by atoms with Crippen molar-refractivity contribution in [3.05, 3.63) is 47.2 Å². The van der Waals surface area contributed by atoms with Crippen molar-refractivity contribution in [3.63, 3.8) is 0 Å². The SMILES string of the molecule is CC(C)n1nc(-c2ccc(CC(=O)Nc3cc(CC4CC4(F)F)no3)cc2)c(C#N)c1NC(=O)OC(C)(C)C. The lowest BCUT2D eigenvalue weighted by Gasteiger charge is -2.20. The molecular weight excluding hydrogens is 510 g/mol. The summed E-state index contributed by atoms with van der Waals surface area (Å²) in [6, 6.07) is 10.3. The fourth-order valence-corrected chi connectivity index (χ4v) is 3.99. The highest BCUT2D eigenvalue weighted by Gasteiger charge is 2.56. The predicted molar refractivity (Wildman–Crippen MR) is 138 cm³/mol. The van der Waals surface area contributed by atoms with Gasteiger partial charge in [-0.25, -0.2) is 18.3 Å². The molecule has 0 spiro atoms. The molecule has 0 bridgehead atoms. The smallest absolute Gasteiger partial charge is 0.413 e. The summed E-state index contributed by atoms with van der Waals surface area (Å²) in [6.45, 7) is 8.97. The highest BCUT2D eigenvalue weighted by Crippen LogP contribution is 2.50. The molecule has 3 aromatic rings. The molecule has 1 atom stereocenters. The summed E-state index contributed by atoms with van der Waals surface area (Å²) in [4.78, 5) is 24.9. The van der Waals surface area contributed by atoms with Crippen LogP contribution in [-0.2, 0) is 22.4 Å². The van der Waals surface area contributed by atoms with E-state index in [1.54, 1.807) is 49.7 Å². The highest BCUT2D eigenvalue weighted by atomic mass is 19.3. The van der Waals surface area contributed by atoms with Gasteiger partial charge in [-0.1, -0.05) is 29.4 Å². The minimum Gasteiger partial charge on any atom is -0.444 e. The Hall–Kier alpha value is -4.27. The number of benzene rings is 1. The second kappa shape index (κ2) is 10.5. The van der Waals surface area contributed by atoms with E-state index in [4.69, 9.17) is 9.26 Å². The number of ether oxygens (including phenoxy) is 1. The maximum absolute atomic E-state index is 13.1. The summed E-state index contributed by atoms with van der Waals surface area (Å²) in [5.74, 6) is -3.42. The molecule has 206 valence electrons. The molecule has 10 nitrogen and oxygen atoms in total. The number of nitriles is 1. The number of aromatic nitrogens is 3. The van der Waals surface area contributed by atoms with Gasteiger partial charge in [-0.15, -0.1) is 0 Å². The van der Waals surface area contributed by atoms with E-state index >= 15 is 0 Å². The molecule has 1 saturated carbocycles. The Morgan fingerprint density at radius 1 is 1.26 bits per heavy atom. The number of alkyl halides is 2. The molecule has 2 N–H and O–H groups in total. The van der Waals surface area contributed by atoms with E-state index in [0.717, 1.165) is 0 Å². The van der Waals surface area contributed by atoms with Crippen LogP contribution in [-0.4, -0.2) is 38.5 Å². The van der Waals surface area contributed by atoms with Gasteiger partial charge in [-0.3, -0.25) is 15.4 Å². The lowest BCUT2D eigenvalue weighted by molar-refractivity contribution is -0.115. The van der Waals surface area contributed by atoms with Gasteiger partial charge in [0.2, 0.25) is 11.8 Å². The molecule has 0 aliphatic heterocycles. The molecule has 39 heavy (non-hydrogen) atoms. The number of nitrogens with one attached hydrogen (secondary N) is 2. The van der Waals surface area contributed by atoms with Crippen molar-refractivity contribution in [2.45, 2.75) is 71.4 Å². The van der Waals surface area contributed by atoms with Crippen LogP contribution in [0.4, 0.5) is 25.3 Å². The van der Waals surface area contributed by atoms with Gasteiger partial charge in [-0.05, 0) is 40.2 Å². The Bertz CT molecular complexity index is 1410. The predicted octanol–water partition coefficient (Wildman–Crippen LogP) is 5.72. The maximum atomic E-state index is 13.1. The molecule has 1 unspecified atom stereocenters. The van der Waals surface area contributed by atoms with Crippen LogP contribution in [0.3, 0.4) is 0 Å². The molecule has 1 aliphatic carbocycles. The van der Waals surface area contributed by atoms with E-state index in [9.17, 15) is 23.6 Å². The topological polar surface area (TPSA) is 135 Å². The Kier molecular flexibility index (Phi) is 7.46. The van der Waals surface area contributed by atoms with Crippen LogP contribution >= 0.6 is 0 Å². The largest absolute Gasteiger partial charge is 0.444 e. The highest BCUT2D eigenvalue weighted by molar-refractivity contribution is 5.91. The summed E-state index contributed by atoms with van der Waals surface area (Å²) in [5, 5.41) is 23.4. The number of hydrogen-bond acceptors (Lipinski definition) is 7. The average Bonchev–Trinajstić information content (AvgIpc) is 3.12. The van der Waals surface area contributed by atoms with Crippen LogP contribution in [0.2, 0.25) is 0 Å². The zero-order valence-corrected chi connectivity index (χ0v) is 22.3. The molecule has 1 aromatic carbocycles. The molecule has 2 aromatic heterocycles. The third kappa shape index (κ3) is 6.79. The van der Waals surface area contributed by atoms with Crippen LogP contribution in [0.5, 0.6) is 0 Å². The number of carbonyl (C=O) groups is 2. The standard InChI is InChI=1S/C27H30F2N6O4/c1-15(2)35-24(32-25(37)38-26(3,4)5)20(14-30)23(33-35)17-8-6-16(7-9-17)10-21(36)31-22-12-19(34-39-22)11-18-13-27(18,28)29/h6-9,12,15,18H,10-11,13H2,1-5H3,(H,31,36)(H,32,37). The van der Waals surface area contributed by atoms with Gasteiger partial charge in [0.1, 0.15) is 22.9 Å². The first-order valence-electron chi connectivity index (χ1n) is 12.5. The van der Waals surface area contributed by atoms with E-state index in [0.29, 0.717) is 22.5 Å². The summed E-state index contributed by atoms with van der Waals surface area (Å²) < 4.78 is 38.2. The average molecular weight is 541 g/mol. The van der Waals surface area contributed by atoms with E-state index < -0.39 is 23.5 Å². The molecule has 2 heterocycles. The lowest BCUT2D eigenvalue weighted by Crippen LogP contribution is -2.28. The summed E-state index contributed by atoms with van der Waals surface area (Å²) in [5.41, 5.74) is 1.52. The van der Waals surface area contributed by atoms with Crippen LogP contribution < -0.4 is 10.6 Å². The van der Waals surface area contributed by atoms with Crippen molar-refractivity contribution in [1.82, 2.24) is 14.9 Å². The van der Waals surface area contributed by atoms with Gasteiger partial charge in [0.15, 0.2) is 5.82 Å². The van der Waals surface area contributed by atoms with E-state index in [1.807, 2.05) is 13.8 Å². The molecule has 2 amide bonds. The fourth-order valence-electron chi connectivity index (χ4n) is 3.99. The van der Waals surface area contributed by atoms with E-state index in [-0.39, 0.29) is 48.5 Å².